The summed E-state index contributed by atoms with van der Waals surface area (Å²) in [6, 6.07) is 21.5. The van der Waals surface area contributed by atoms with E-state index >= 15 is 0 Å². The molecule has 1 heterocycles. The van der Waals surface area contributed by atoms with Crippen molar-refractivity contribution in [2.45, 2.75) is 20.5 Å². The maximum Gasteiger partial charge on any atom is 0.335 e. The molecule has 4 amide bonds. The van der Waals surface area contributed by atoms with Gasteiger partial charge < -0.3 is 14.2 Å². The van der Waals surface area contributed by atoms with Crippen LogP contribution in [0.3, 0.4) is 0 Å². The molecule has 41 heavy (non-hydrogen) atoms. The van der Waals surface area contributed by atoms with E-state index in [4.69, 9.17) is 14.2 Å². The van der Waals surface area contributed by atoms with Crippen LogP contribution >= 0.6 is 22.6 Å². The van der Waals surface area contributed by atoms with Crippen LogP contribution in [0.15, 0.2) is 78.4 Å². The van der Waals surface area contributed by atoms with E-state index in [0.717, 1.165) is 30.4 Å². The number of anilines is 1. The fraction of sp³-hybridized carbons (Fsp3) is 0.156. The lowest BCUT2D eigenvalue weighted by molar-refractivity contribution is -0.122. The third-order valence-corrected chi connectivity index (χ3v) is 7.51. The van der Waals surface area contributed by atoms with Crippen LogP contribution in [0.2, 0.25) is 0 Å². The molecule has 8 nitrogen and oxygen atoms in total. The number of barbiturate groups is 1. The average molecular weight is 662 g/mol. The van der Waals surface area contributed by atoms with Crippen LogP contribution in [0.4, 0.5) is 10.5 Å². The van der Waals surface area contributed by atoms with Crippen molar-refractivity contribution < 1.29 is 28.6 Å². The summed E-state index contributed by atoms with van der Waals surface area (Å²) in [5.74, 6) is 0.113. The second-order valence-corrected chi connectivity index (χ2v) is 10.5. The Morgan fingerprint density at radius 1 is 0.951 bits per heavy atom. The second-order valence-electron chi connectivity index (χ2n) is 9.29. The molecule has 1 saturated heterocycles. The number of urea groups is 1. The monoisotopic (exact) mass is 662 g/mol. The Kier molecular flexibility index (Phi) is 8.25. The van der Waals surface area contributed by atoms with E-state index in [2.05, 4.69) is 59.1 Å². The van der Waals surface area contributed by atoms with E-state index < -0.39 is 17.8 Å². The molecule has 1 aliphatic rings. The highest BCUT2D eigenvalue weighted by Crippen LogP contribution is 2.37. The van der Waals surface area contributed by atoms with Crippen LogP contribution in [0.25, 0.3) is 16.8 Å². The van der Waals surface area contributed by atoms with Crippen molar-refractivity contribution in [2.24, 2.45) is 0 Å². The number of amides is 4. The number of methoxy groups -OCH3 is 1. The summed E-state index contributed by atoms with van der Waals surface area (Å²) in [5, 5.41) is 4.51. The lowest BCUT2D eigenvalue weighted by Crippen LogP contribution is -2.54. The van der Waals surface area contributed by atoms with Crippen LogP contribution < -0.4 is 24.4 Å². The van der Waals surface area contributed by atoms with E-state index in [9.17, 15) is 14.4 Å². The Morgan fingerprint density at radius 3 is 2.44 bits per heavy atom. The standard InChI is InChI=1S/C32H27IN2O6/c1-4-40-28-17-20(15-25-30(36)34-32(38)35(31(25)37)22-11-13-23(39-3)14-12-22)16-27(33)29(28)41-18-26-19(2)9-10-21-7-5-6-8-24(21)26/h5-17H,4,18H2,1-3H3,(H,34,36,38)/b25-15+. The number of hydrogen-bond donors (Lipinski definition) is 1. The SMILES string of the molecule is CCOc1cc(/C=C2\C(=O)NC(=O)N(c3ccc(OC)cc3)C2=O)cc(I)c1OCc1c(C)ccc2ccccc12. The number of fused-ring (bicyclic) bond motifs is 1. The van der Waals surface area contributed by atoms with Crippen LogP contribution in [0.5, 0.6) is 17.2 Å². The molecule has 0 saturated carbocycles. The van der Waals surface area contributed by atoms with Crippen molar-refractivity contribution in [1.82, 2.24) is 5.32 Å². The summed E-state index contributed by atoms with van der Waals surface area (Å²) in [6.45, 7) is 4.65. The predicted molar refractivity (Wildman–Crippen MR) is 165 cm³/mol. The number of carbonyl (C=O) groups excluding carboxylic acids is 3. The summed E-state index contributed by atoms with van der Waals surface area (Å²) >= 11 is 2.15. The molecule has 5 rings (SSSR count). The fourth-order valence-electron chi connectivity index (χ4n) is 4.65. The third kappa shape index (κ3) is 5.76. The zero-order chi connectivity index (χ0) is 29.1. The topological polar surface area (TPSA) is 94.2 Å². The van der Waals surface area contributed by atoms with Gasteiger partial charge >= 0.3 is 6.03 Å². The van der Waals surface area contributed by atoms with Crippen molar-refractivity contribution >= 4 is 63.0 Å². The minimum atomic E-state index is -0.820. The van der Waals surface area contributed by atoms with E-state index in [0.29, 0.717) is 41.7 Å². The summed E-state index contributed by atoms with van der Waals surface area (Å²) in [7, 11) is 1.52. The molecule has 1 N–H and O–H groups in total. The van der Waals surface area contributed by atoms with Gasteiger partial charge in [-0.3, -0.25) is 14.9 Å². The molecule has 0 radical (unpaired) electrons. The lowest BCUT2D eigenvalue weighted by Gasteiger charge is -2.26. The van der Waals surface area contributed by atoms with Gasteiger partial charge in [0.25, 0.3) is 11.8 Å². The highest BCUT2D eigenvalue weighted by Gasteiger charge is 2.37. The van der Waals surface area contributed by atoms with Crippen LogP contribution in [0, 0.1) is 10.5 Å². The maximum atomic E-state index is 13.4. The summed E-state index contributed by atoms with van der Waals surface area (Å²) in [5.41, 5.74) is 2.88. The molecule has 4 aromatic rings. The molecular weight excluding hydrogens is 635 g/mol. The van der Waals surface area contributed by atoms with Gasteiger partial charge in [-0.1, -0.05) is 36.4 Å². The van der Waals surface area contributed by atoms with Crippen LogP contribution in [-0.4, -0.2) is 31.6 Å². The van der Waals surface area contributed by atoms with Gasteiger partial charge in [0.15, 0.2) is 11.5 Å². The van der Waals surface area contributed by atoms with Crippen molar-refractivity contribution in [2.75, 3.05) is 18.6 Å². The first kappa shape index (κ1) is 28.2. The molecule has 4 aromatic carbocycles. The number of halogens is 1. The van der Waals surface area contributed by atoms with Crippen molar-refractivity contribution in [3.05, 3.63) is 98.6 Å². The molecule has 0 atom stereocenters. The molecule has 0 spiro atoms. The predicted octanol–water partition coefficient (Wildman–Crippen LogP) is 6.41. The first-order valence-electron chi connectivity index (χ1n) is 12.9. The van der Waals surface area contributed by atoms with Gasteiger partial charge in [0.05, 0.1) is 23.0 Å². The van der Waals surface area contributed by atoms with E-state index in [1.54, 1.807) is 36.4 Å². The summed E-state index contributed by atoms with van der Waals surface area (Å²) in [6.07, 6.45) is 1.45. The number of nitrogens with zero attached hydrogens (tertiary/aromatic N) is 1. The van der Waals surface area contributed by atoms with Gasteiger partial charge in [0.2, 0.25) is 0 Å². The molecule has 1 fully saturated rings. The zero-order valence-electron chi connectivity index (χ0n) is 22.7. The first-order chi connectivity index (χ1) is 19.8. The molecule has 1 aliphatic heterocycles. The Balaban J connectivity index is 1.46. The molecule has 9 heteroatoms. The first-order valence-corrected chi connectivity index (χ1v) is 14.0. The van der Waals surface area contributed by atoms with Gasteiger partial charge in [0, 0.05) is 5.56 Å². The van der Waals surface area contributed by atoms with Crippen molar-refractivity contribution in [3.63, 3.8) is 0 Å². The molecule has 0 aromatic heterocycles. The second kappa shape index (κ2) is 12.0. The minimum absolute atomic E-state index is 0.182. The van der Waals surface area contributed by atoms with Gasteiger partial charge in [0.1, 0.15) is 17.9 Å². The highest BCUT2D eigenvalue weighted by atomic mass is 127. The van der Waals surface area contributed by atoms with Crippen molar-refractivity contribution in [3.8, 4) is 17.2 Å². The van der Waals surface area contributed by atoms with E-state index in [1.807, 2.05) is 19.1 Å². The molecule has 0 aliphatic carbocycles. The van der Waals surface area contributed by atoms with Gasteiger partial charge in [-0.15, -0.1) is 0 Å². The van der Waals surface area contributed by atoms with Crippen molar-refractivity contribution in [1.29, 1.82) is 0 Å². The quantitative estimate of drug-likeness (QED) is 0.133. The zero-order valence-corrected chi connectivity index (χ0v) is 24.9. The number of nitrogens with one attached hydrogen (secondary N) is 1. The average Bonchev–Trinajstić information content (AvgIpc) is 2.96. The lowest BCUT2D eigenvalue weighted by atomic mass is 10.0. The Hall–Kier alpha value is -4.38. The fourth-order valence-corrected chi connectivity index (χ4v) is 5.43. The van der Waals surface area contributed by atoms with Crippen LogP contribution in [0.1, 0.15) is 23.6 Å². The Labute approximate surface area is 251 Å². The Morgan fingerprint density at radius 2 is 1.71 bits per heavy atom. The number of rotatable bonds is 8. The Bertz CT molecular complexity index is 1700. The number of aryl methyl sites for hydroxylation is 1. The maximum absolute atomic E-state index is 13.4. The van der Waals surface area contributed by atoms with Gasteiger partial charge in [-0.2, -0.15) is 0 Å². The summed E-state index contributed by atoms with van der Waals surface area (Å²) < 4.78 is 18.1. The van der Waals surface area contributed by atoms with Crippen LogP contribution in [-0.2, 0) is 16.2 Å². The molecule has 208 valence electrons. The summed E-state index contributed by atoms with van der Waals surface area (Å²) in [4.78, 5) is 39.6. The number of carbonyl (C=O) groups is 3. The largest absolute Gasteiger partial charge is 0.497 e. The number of hydrogen-bond acceptors (Lipinski definition) is 6. The third-order valence-electron chi connectivity index (χ3n) is 6.71. The molecular formula is C32H27IN2O6. The normalized spacial score (nSPS) is 14.4. The molecule has 0 bridgehead atoms. The van der Waals surface area contributed by atoms with E-state index in [1.165, 1.54) is 13.2 Å². The van der Waals surface area contributed by atoms with Gasteiger partial charge in [-0.25, -0.2) is 9.69 Å². The van der Waals surface area contributed by atoms with Gasteiger partial charge in [-0.05, 0) is 101 Å². The number of imide groups is 2. The van der Waals surface area contributed by atoms with E-state index in [-0.39, 0.29) is 5.57 Å². The number of ether oxygens (including phenoxy) is 3. The number of benzene rings is 4. The minimum Gasteiger partial charge on any atom is -0.497 e. The molecule has 0 unspecified atom stereocenters. The highest BCUT2D eigenvalue weighted by molar-refractivity contribution is 14.1. The smallest absolute Gasteiger partial charge is 0.335 e.